The number of benzene rings is 2. The minimum absolute atomic E-state index is 0.307. The molecule has 0 atom stereocenters. The average molecular weight is 418 g/mol. The number of alkyl carbamates (subject to hydrolysis) is 1. The monoisotopic (exact) mass is 418 g/mol. The van der Waals surface area contributed by atoms with Gasteiger partial charge in [-0.05, 0) is 36.2 Å². The van der Waals surface area contributed by atoms with Crippen molar-refractivity contribution in [3.05, 3.63) is 41.5 Å². The molecule has 2 aromatic rings. The molecule has 9 heteroatoms. The van der Waals surface area contributed by atoms with Crippen LogP contribution in [0.15, 0.2) is 30.3 Å². The van der Waals surface area contributed by atoms with E-state index in [0.717, 1.165) is 5.56 Å². The maximum Gasteiger partial charge on any atom is 0.406 e. The van der Waals surface area contributed by atoms with E-state index in [0.29, 0.717) is 47.2 Å². The van der Waals surface area contributed by atoms with Gasteiger partial charge in [0.15, 0.2) is 23.0 Å². The van der Waals surface area contributed by atoms with Crippen molar-refractivity contribution in [1.82, 2.24) is 5.32 Å². The molecule has 0 saturated heterocycles. The summed E-state index contributed by atoms with van der Waals surface area (Å²) in [7, 11) is 7.35. The van der Waals surface area contributed by atoms with Gasteiger partial charge in [0.1, 0.15) is 0 Å². The number of hydrogen-bond acceptors (Lipinski definition) is 7. The molecule has 0 bridgehead atoms. The summed E-state index contributed by atoms with van der Waals surface area (Å²) in [5.74, 6) is 1.60. The van der Waals surface area contributed by atoms with Crippen LogP contribution in [0.25, 0.3) is 0 Å². The van der Waals surface area contributed by atoms with Crippen molar-refractivity contribution < 1.29 is 33.3 Å². The van der Waals surface area contributed by atoms with E-state index in [9.17, 15) is 9.59 Å². The van der Waals surface area contributed by atoms with Gasteiger partial charge in [-0.25, -0.2) is 4.79 Å². The van der Waals surface area contributed by atoms with E-state index < -0.39 is 6.09 Å². The Hall–Kier alpha value is -3.62. The van der Waals surface area contributed by atoms with Gasteiger partial charge in [0.25, 0.3) is 5.91 Å². The zero-order chi connectivity index (χ0) is 22.1. The highest BCUT2D eigenvalue weighted by Crippen LogP contribution is 2.34. The molecule has 0 aromatic heterocycles. The first-order chi connectivity index (χ1) is 14.5. The highest BCUT2D eigenvalue weighted by Gasteiger charge is 2.16. The Morgan fingerprint density at radius 2 is 1.40 bits per heavy atom. The number of carbonyl (C=O) groups excluding carboxylic acids is 2. The molecule has 0 fully saturated rings. The molecular formula is C21H26N2O7. The van der Waals surface area contributed by atoms with Crippen LogP contribution in [-0.2, 0) is 11.2 Å². The normalized spacial score (nSPS) is 10.0. The summed E-state index contributed by atoms with van der Waals surface area (Å²) in [6, 6.07) is 8.31. The summed E-state index contributed by atoms with van der Waals surface area (Å²) in [6.07, 6.45) is -0.108. The standard InChI is InChI=1S/C21H26N2O7/c1-26-16-7-6-14(11-17(16)27-2)20(24)23-15-12-19(29-4)18(28-3)10-13(15)8-9-22-21(25)30-5/h6-7,10-12H,8-9H2,1-5H3,(H,22,25)(H,23,24). The number of carbonyl (C=O) groups is 2. The third kappa shape index (κ3) is 5.47. The molecule has 0 unspecified atom stereocenters. The second-order valence-electron chi connectivity index (χ2n) is 6.06. The van der Waals surface area contributed by atoms with Crippen molar-refractivity contribution in [1.29, 1.82) is 0 Å². The molecule has 0 saturated carbocycles. The van der Waals surface area contributed by atoms with Gasteiger partial charge in [0.05, 0.1) is 35.5 Å². The zero-order valence-electron chi connectivity index (χ0n) is 17.7. The molecule has 162 valence electrons. The van der Waals surface area contributed by atoms with E-state index in [2.05, 4.69) is 15.4 Å². The molecule has 0 aliphatic carbocycles. The van der Waals surface area contributed by atoms with Gasteiger partial charge in [-0.3, -0.25) is 4.79 Å². The largest absolute Gasteiger partial charge is 0.493 e. The number of amides is 2. The van der Waals surface area contributed by atoms with Crippen LogP contribution in [0.4, 0.5) is 10.5 Å². The van der Waals surface area contributed by atoms with Gasteiger partial charge >= 0.3 is 6.09 Å². The van der Waals surface area contributed by atoms with Gasteiger partial charge < -0.3 is 34.3 Å². The van der Waals surface area contributed by atoms with Crippen molar-refractivity contribution in [3.8, 4) is 23.0 Å². The van der Waals surface area contributed by atoms with Crippen LogP contribution in [0.5, 0.6) is 23.0 Å². The highest BCUT2D eigenvalue weighted by molar-refractivity contribution is 6.05. The van der Waals surface area contributed by atoms with E-state index in [4.69, 9.17) is 18.9 Å². The molecule has 0 aliphatic heterocycles. The van der Waals surface area contributed by atoms with Crippen LogP contribution in [0.3, 0.4) is 0 Å². The fraction of sp³-hybridized carbons (Fsp3) is 0.333. The number of methoxy groups -OCH3 is 5. The molecule has 2 rings (SSSR count). The smallest absolute Gasteiger partial charge is 0.406 e. The van der Waals surface area contributed by atoms with E-state index in [1.807, 2.05) is 0 Å². The quantitative estimate of drug-likeness (QED) is 0.645. The fourth-order valence-electron chi connectivity index (χ4n) is 2.79. The Labute approximate surface area is 175 Å². The van der Waals surface area contributed by atoms with Crippen molar-refractivity contribution in [2.45, 2.75) is 6.42 Å². The molecule has 2 N–H and O–H groups in total. The van der Waals surface area contributed by atoms with Crippen molar-refractivity contribution >= 4 is 17.7 Å². The molecular weight excluding hydrogens is 392 g/mol. The van der Waals surface area contributed by atoms with Crippen LogP contribution in [-0.4, -0.2) is 54.1 Å². The second kappa shape index (κ2) is 10.8. The predicted molar refractivity (Wildman–Crippen MR) is 111 cm³/mol. The maximum atomic E-state index is 12.8. The Morgan fingerprint density at radius 3 is 2.00 bits per heavy atom. The molecule has 0 spiro atoms. The zero-order valence-corrected chi connectivity index (χ0v) is 17.7. The minimum Gasteiger partial charge on any atom is -0.493 e. The first-order valence-electron chi connectivity index (χ1n) is 9.07. The lowest BCUT2D eigenvalue weighted by molar-refractivity contribution is 0.102. The van der Waals surface area contributed by atoms with Gasteiger partial charge in [0, 0.05) is 23.9 Å². The number of ether oxygens (including phenoxy) is 5. The Kier molecular flexibility index (Phi) is 8.16. The van der Waals surface area contributed by atoms with Gasteiger partial charge in [-0.15, -0.1) is 0 Å². The van der Waals surface area contributed by atoms with Crippen LogP contribution in [0.2, 0.25) is 0 Å². The summed E-state index contributed by atoms with van der Waals surface area (Å²) >= 11 is 0. The first kappa shape index (κ1) is 22.7. The van der Waals surface area contributed by atoms with E-state index in [1.165, 1.54) is 35.5 Å². The molecule has 0 radical (unpaired) electrons. The summed E-state index contributed by atoms with van der Waals surface area (Å²) in [5, 5.41) is 5.49. The van der Waals surface area contributed by atoms with E-state index >= 15 is 0 Å². The Balaban J connectivity index is 2.31. The molecule has 30 heavy (non-hydrogen) atoms. The number of anilines is 1. The minimum atomic E-state index is -0.536. The molecule has 0 heterocycles. The number of rotatable bonds is 9. The van der Waals surface area contributed by atoms with E-state index in [-0.39, 0.29) is 5.91 Å². The molecule has 0 aliphatic rings. The second-order valence-corrected chi connectivity index (χ2v) is 6.06. The summed E-state index contributed by atoms with van der Waals surface area (Å²) in [4.78, 5) is 24.2. The third-order valence-corrected chi connectivity index (χ3v) is 4.35. The Bertz CT molecular complexity index is 899. The molecule has 2 aromatic carbocycles. The highest BCUT2D eigenvalue weighted by atomic mass is 16.5. The average Bonchev–Trinajstić information content (AvgIpc) is 2.78. The van der Waals surface area contributed by atoms with E-state index in [1.54, 1.807) is 30.3 Å². The summed E-state index contributed by atoms with van der Waals surface area (Å²) in [5.41, 5.74) is 1.66. The lowest BCUT2D eigenvalue weighted by Gasteiger charge is -2.16. The number of hydrogen-bond donors (Lipinski definition) is 2. The maximum absolute atomic E-state index is 12.8. The molecule has 9 nitrogen and oxygen atoms in total. The van der Waals surface area contributed by atoms with Crippen LogP contribution in [0, 0.1) is 0 Å². The topological polar surface area (TPSA) is 104 Å². The van der Waals surface area contributed by atoms with Crippen molar-refractivity contribution in [2.24, 2.45) is 0 Å². The number of nitrogens with one attached hydrogen (secondary N) is 2. The van der Waals surface area contributed by atoms with Crippen molar-refractivity contribution in [2.75, 3.05) is 47.4 Å². The molecule has 2 amide bonds. The summed E-state index contributed by atoms with van der Waals surface area (Å²) < 4.78 is 25.7. The van der Waals surface area contributed by atoms with Crippen LogP contribution < -0.4 is 29.6 Å². The van der Waals surface area contributed by atoms with Gasteiger partial charge in [0.2, 0.25) is 0 Å². The SMILES string of the molecule is COC(=O)NCCc1cc(OC)c(OC)cc1NC(=O)c1ccc(OC)c(OC)c1. The lowest BCUT2D eigenvalue weighted by Crippen LogP contribution is -2.25. The van der Waals surface area contributed by atoms with Crippen molar-refractivity contribution in [3.63, 3.8) is 0 Å². The van der Waals surface area contributed by atoms with Gasteiger partial charge in [-0.2, -0.15) is 0 Å². The van der Waals surface area contributed by atoms with Crippen LogP contribution >= 0.6 is 0 Å². The summed E-state index contributed by atoms with van der Waals surface area (Å²) in [6.45, 7) is 0.307. The Morgan fingerprint density at radius 1 is 0.800 bits per heavy atom. The fourth-order valence-corrected chi connectivity index (χ4v) is 2.79. The third-order valence-electron chi connectivity index (χ3n) is 4.35. The lowest BCUT2D eigenvalue weighted by atomic mass is 10.1. The first-order valence-corrected chi connectivity index (χ1v) is 9.07. The van der Waals surface area contributed by atoms with Gasteiger partial charge in [-0.1, -0.05) is 0 Å². The van der Waals surface area contributed by atoms with Crippen LogP contribution in [0.1, 0.15) is 15.9 Å². The predicted octanol–water partition coefficient (Wildman–Crippen LogP) is 2.87.